The lowest BCUT2D eigenvalue weighted by Gasteiger charge is -2.18. The Bertz CT molecular complexity index is 693. The second kappa shape index (κ2) is 5.61. The van der Waals surface area contributed by atoms with Gasteiger partial charge in [-0.05, 0) is 12.1 Å². The molecule has 9 heteroatoms. The number of benzene rings is 1. The number of sulfonamides is 1. The van der Waals surface area contributed by atoms with Crippen LogP contribution in [-0.4, -0.2) is 30.0 Å². The van der Waals surface area contributed by atoms with Crippen molar-refractivity contribution in [2.24, 2.45) is 0 Å². The number of hydrogen-bond acceptors (Lipinski definition) is 4. The second-order valence-electron chi connectivity index (χ2n) is 4.17. The van der Waals surface area contributed by atoms with E-state index in [2.05, 4.69) is 10.2 Å². The third kappa shape index (κ3) is 2.90. The number of rotatable bonds is 4. The highest BCUT2D eigenvalue weighted by Gasteiger charge is 2.27. The molecule has 0 fully saturated rings. The third-order valence-electron chi connectivity index (χ3n) is 2.67. The van der Waals surface area contributed by atoms with E-state index in [-0.39, 0.29) is 27.2 Å². The minimum absolute atomic E-state index is 0.00552. The Morgan fingerprint density at radius 3 is 2.65 bits per heavy atom. The zero-order valence-corrected chi connectivity index (χ0v) is 12.8. The first-order valence-corrected chi connectivity index (χ1v) is 7.70. The maximum absolute atomic E-state index is 12.5. The van der Waals surface area contributed by atoms with Gasteiger partial charge in [0.1, 0.15) is 4.90 Å². The number of nitrogens with zero attached hydrogens (tertiary/aromatic N) is 2. The summed E-state index contributed by atoms with van der Waals surface area (Å²) < 4.78 is 26.1. The molecule has 1 heterocycles. The lowest BCUT2D eigenvalue weighted by molar-refractivity contribution is 0.467. The molecular formula is C11H12Cl2N4O2S. The SMILES string of the molecule is CN(Cc1cn[nH]c1)S(=O)(=O)c1c(N)cc(Cl)cc1Cl. The minimum Gasteiger partial charge on any atom is -0.398 e. The molecule has 20 heavy (non-hydrogen) atoms. The quantitative estimate of drug-likeness (QED) is 0.837. The van der Waals surface area contributed by atoms with E-state index >= 15 is 0 Å². The lowest BCUT2D eigenvalue weighted by Crippen LogP contribution is -2.27. The van der Waals surface area contributed by atoms with Crippen molar-refractivity contribution >= 4 is 38.9 Å². The van der Waals surface area contributed by atoms with Crippen LogP contribution in [0.2, 0.25) is 10.0 Å². The van der Waals surface area contributed by atoms with E-state index in [1.807, 2.05) is 0 Å². The van der Waals surface area contributed by atoms with Crippen molar-refractivity contribution in [2.75, 3.05) is 12.8 Å². The van der Waals surface area contributed by atoms with Crippen LogP contribution in [0.15, 0.2) is 29.4 Å². The summed E-state index contributed by atoms with van der Waals surface area (Å²) in [6, 6.07) is 2.70. The second-order valence-corrected chi connectivity index (χ2v) is 7.00. The van der Waals surface area contributed by atoms with Gasteiger partial charge in [-0.2, -0.15) is 9.40 Å². The Labute approximate surface area is 126 Å². The minimum atomic E-state index is -3.82. The van der Waals surface area contributed by atoms with E-state index in [4.69, 9.17) is 28.9 Å². The maximum Gasteiger partial charge on any atom is 0.246 e. The Morgan fingerprint density at radius 2 is 2.10 bits per heavy atom. The molecule has 3 N–H and O–H groups in total. The molecule has 6 nitrogen and oxygen atoms in total. The number of aromatic nitrogens is 2. The molecular weight excluding hydrogens is 323 g/mol. The number of hydrogen-bond donors (Lipinski definition) is 2. The Balaban J connectivity index is 2.40. The fourth-order valence-corrected chi connectivity index (χ4v) is 3.81. The largest absolute Gasteiger partial charge is 0.398 e. The van der Waals surface area contributed by atoms with Gasteiger partial charge in [-0.25, -0.2) is 8.42 Å². The predicted octanol–water partition coefficient (Wildman–Crippen LogP) is 2.12. The number of halogens is 2. The van der Waals surface area contributed by atoms with Crippen molar-refractivity contribution in [3.63, 3.8) is 0 Å². The average Bonchev–Trinajstić information content (AvgIpc) is 2.79. The Kier molecular flexibility index (Phi) is 4.24. The van der Waals surface area contributed by atoms with Gasteiger partial charge in [0, 0.05) is 30.4 Å². The highest BCUT2D eigenvalue weighted by Crippen LogP contribution is 2.33. The summed E-state index contributed by atoms with van der Waals surface area (Å²) in [5, 5.41) is 6.65. The van der Waals surface area contributed by atoms with Crippen LogP contribution < -0.4 is 5.73 Å². The van der Waals surface area contributed by atoms with Crippen LogP contribution in [-0.2, 0) is 16.6 Å². The zero-order chi connectivity index (χ0) is 14.9. The fraction of sp³-hybridized carbons (Fsp3) is 0.182. The standard InChI is InChI=1S/C11H12Cl2N4O2S/c1-17(6-7-4-15-16-5-7)20(18,19)11-9(13)2-8(12)3-10(11)14/h2-5H,6,14H2,1H3,(H,15,16). The van der Waals surface area contributed by atoms with Crippen LogP contribution in [0.1, 0.15) is 5.56 Å². The molecule has 0 unspecified atom stereocenters. The first-order valence-electron chi connectivity index (χ1n) is 5.51. The van der Waals surface area contributed by atoms with Gasteiger partial charge in [-0.15, -0.1) is 0 Å². The van der Waals surface area contributed by atoms with Gasteiger partial charge in [0.2, 0.25) is 10.0 Å². The van der Waals surface area contributed by atoms with Crippen molar-refractivity contribution in [3.8, 4) is 0 Å². The first-order chi connectivity index (χ1) is 9.32. The molecule has 0 saturated carbocycles. The molecule has 108 valence electrons. The van der Waals surface area contributed by atoms with E-state index in [0.29, 0.717) is 0 Å². The number of H-pyrrole nitrogens is 1. The summed E-state index contributed by atoms with van der Waals surface area (Å²) in [7, 11) is -2.38. The number of anilines is 1. The topological polar surface area (TPSA) is 92.1 Å². The summed E-state index contributed by atoms with van der Waals surface area (Å²) in [6.07, 6.45) is 3.15. The molecule has 0 aliphatic heterocycles. The Hall–Kier alpha value is -1.28. The van der Waals surface area contributed by atoms with Crippen molar-refractivity contribution in [1.29, 1.82) is 0 Å². The van der Waals surface area contributed by atoms with Crippen molar-refractivity contribution in [1.82, 2.24) is 14.5 Å². The molecule has 0 amide bonds. The van der Waals surface area contributed by atoms with Crippen molar-refractivity contribution in [2.45, 2.75) is 11.4 Å². The van der Waals surface area contributed by atoms with Gasteiger partial charge >= 0.3 is 0 Å². The molecule has 2 aromatic rings. The third-order valence-corrected chi connectivity index (χ3v) is 5.22. The first kappa shape index (κ1) is 15.1. The molecule has 0 atom stereocenters. The van der Waals surface area contributed by atoms with E-state index in [1.54, 1.807) is 12.4 Å². The van der Waals surface area contributed by atoms with Crippen molar-refractivity contribution < 1.29 is 8.42 Å². The molecule has 1 aromatic carbocycles. The number of nitrogens with two attached hydrogens (primary N) is 1. The average molecular weight is 335 g/mol. The van der Waals surface area contributed by atoms with Gasteiger partial charge < -0.3 is 5.73 Å². The van der Waals surface area contributed by atoms with E-state index in [1.165, 1.54) is 19.2 Å². The van der Waals surface area contributed by atoms with Crippen LogP contribution in [0.5, 0.6) is 0 Å². The summed E-state index contributed by atoms with van der Waals surface area (Å²) in [4.78, 5) is -0.144. The van der Waals surface area contributed by atoms with E-state index in [9.17, 15) is 8.42 Å². The molecule has 0 spiro atoms. The zero-order valence-electron chi connectivity index (χ0n) is 10.5. The van der Waals surface area contributed by atoms with Gasteiger partial charge in [-0.3, -0.25) is 5.10 Å². The monoisotopic (exact) mass is 334 g/mol. The highest BCUT2D eigenvalue weighted by molar-refractivity contribution is 7.89. The summed E-state index contributed by atoms with van der Waals surface area (Å²) in [6.45, 7) is 0.150. The number of nitrogen functional groups attached to an aromatic ring is 1. The van der Waals surface area contributed by atoms with Crippen LogP contribution in [0.25, 0.3) is 0 Å². The molecule has 1 aromatic heterocycles. The van der Waals surface area contributed by atoms with E-state index < -0.39 is 10.0 Å². The molecule has 0 bridgehead atoms. The maximum atomic E-state index is 12.5. The lowest BCUT2D eigenvalue weighted by atomic mass is 10.3. The van der Waals surface area contributed by atoms with Gasteiger partial charge in [0.05, 0.1) is 16.9 Å². The predicted molar refractivity (Wildman–Crippen MR) is 78.1 cm³/mol. The highest BCUT2D eigenvalue weighted by atomic mass is 35.5. The summed E-state index contributed by atoms with van der Waals surface area (Å²) in [5.74, 6) is 0. The van der Waals surface area contributed by atoms with Gasteiger partial charge in [0.25, 0.3) is 0 Å². The molecule has 0 saturated heterocycles. The van der Waals surface area contributed by atoms with Crippen LogP contribution in [0.4, 0.5) is 5.69 Å². The van der Waals surface area contributed by atoms with Crippen molar-refractivity contribution in [3.05, 3.63) is 40.1 Å². The number of aromatic amines is 1. The smallest absolute Gasteiger partial charge is 0.246 e. The number of nitrogens with one attached hydrogen (secondary N) is 1. The van der Waals surface area contributed by atoms with E-state index in [0.717, 1.165) is 9.87 Å². The molecule has 2 rings (SSSR count). The molecule has 0 radical (unpaired) electrons. The van der Waals surface area contributed by atoms with Gasteiger partial charge in [0.15, 0.2) is 0 Å². The van der Waals surface area contributed by atoms with Gasteiger partial charge in [-0.1, -0.05) is 23.2 Å². The van der Waals surface area contributed by atoms with Crippen LogP contribution >= 0.6 is 23.2 Å². The Morgan fingerprint density at radius 1 is 1.40 bits per heavy atom. The summed E-state index contributed by atoms with van der Waals surface area (Å²) in [5.41, 5.74) is 6.46. The fourth-order valence-electron chi connectivity index (χ4n) is 1.71. The normalized spacial score (nSPS) is 12.0. The van der Waals surface area contributed by atoms with Crippen LogP contribution in [0, 0.1) is 0 Å². The molecule has 0 aliphatic rings. The molecule has 0 aliphatic carbocycles. The summed E-state index contributed by atoms with van der Waals surface area (Å²) >= 11 is 11.7. The van der Waals surface area contributed by atoms with Crippen LogP contribution in [0.3, 0.4) is 0 Å².